The van der Waals surface area contributed by atoms with E-state index in [1.165, 1.54) is 98.1 Å². The van der Waals surface area contributed by atoms with Crippen molar-refractivity contribution in [1.82, 2.24) is 28.2 Å². The number of para-hydroxylation sites is 6. The van der Waals surface area contributed by atoms with E-state index in [-0.39, 0.29) is 66.4 Å². The van der Waals surface area contributed by atoms with E-state index in [1.807, 2.05) is 36.7 Å². The zero-order chi connectivity index (χ0) is 88.6. The number of aromatic nitrogens is 8. The first-order valence-corrected chi connectivity index (χ1v) is 50.7. The fourth-order valence-corrected chi connectivity index (χ4v) is 26.8. The van der Waals surface area contributed by atoms with E-state index in [0.29, 0.717) is 23.0 Å². The standard InChI is InChI=1S/C60H55BN4OSi.C54H41BN4O2Si.2Pt/c1-37-28-39(3)57(40(4)29-37)61(58-41(5)30-38(2)31-42(58)6)44-20-24-50-49(33-44)48-23-21-46(34-52(48)65(50)56-32-43(26-27-62-56)60(7,8)9)66-47-22-25-54-53(35-47)64-36-63(45-16-13-12-14-17-45)51-18-15-19-55(59(51)64)67(54,10)11;1-54(2,3)35-28-29-56-52(30-35)59-44-26-22-36(55-42-16-9-11-19-48(42)61-49-20-12-10-17-43(49)55)31-41(44)40-25-23-38(32-46(40)59)60-39-24-27-50-47(33-39)58-34-57(37-14-7-6-8-15-37)45-18-13-21-51(53(45)58)62(50,4)5;;/h12-33H,1-11H3;6-31H,1-5H3;;/q2*-2;;. The Morgan fingerprint density at radius 1 is 0.389 bits per heavy atom. The van der Waals surface area contributed by atoms with Gasteiger partial charge in [-0.2, -0.15) is 24.3 Å². The topological polar surface area (TPSA) is 81.0 Å². The second-order valence-electron chi connectivity index (χ2n) is 38.6. The molecule has 11 nitrogen and oxygen atoms in total. The summed E-state index contributed by atoms with van der Waals surface area (Å²) in [5.41, 5.74) is 30.3. The Labute approximate surface area is 797 Å². The Morgan fingerprint density at radius 2 is 0.794 bits per heavy atom. The van der Waals surface area contributed by atoms with Crippen LogP contribution in [-0.2, 0) is 53.0 Å². The van der Waals surface area contributed by atoms with Crippen molar-refractivity contribution in [2.24, 2.45) is 0 Å². The molecule has 20 aromatic rings. The first-order valence-electron chi connectivity index (χ1n) is 44.7. The third-order valence-corrected chi connectivity index (χ3v) is 34.2. The monoisotopic (exact) mass is 2090 g/mol. The molecule has 0 fully saturated rings. The molecule has 648 valence electrons. The second kappa shape index (κ2) is 32.7. The molecule has 0 amide bonds. The molecule has 0 atom stereocenters. The minimum atomic E-state index is -2.12. The number of aryl methyl sites for hydroxylation is 6. The molecule has 0 bridgehead atoms. The van der Waals surface area contributed by atoms with Crippen LogP contribution in [0.25, 0.3) is 100 Å². The molecule has 23 rings (SSSR count). The summed E-state index contributed by atoms with van der Waals surface area (Å²) in [6.45, 7) is 36.7. The number of fused-ring (bicyclic) bond motifs is 12. The molecular weight excluding hydrogens is 2000 g/mol. The molecule has 0 spiro atoms. The van der Waals surface area contributed by atoms with Crippen LogP contribution >= 0.6 is 0 Å². The summed E-state index contributed by atoms with van der Waals surface area (Å²) in [5.74, 6) is 5.94. The normalized spacial score (nSPS) is 13.2. The van der Waals surface area contributed by atoms with Gasteiger partial charge in [0.1, 0.15) is 23.1 Å². The van der Waals surface area contributed by atoms with Crippen LogP contribution in [0.2, 0.25) is 26.2 Å². The minimum absolute atomic E-state index is 0. The summed E-state index contributed by atoms with van der Waals surface area (Å²) in [7, 11) is -4.22. The van der Waals surface area contributed by atoms with Crippen LogP contribution in [0.4, 0.5) is 0 Å². The Balaban J connectivity index is 0.000000162. The number of rotatable bonds is 12. The van der Waals surface area contributed by atoms with Gasteiger partial charge in [0.2, 0.25) is 6.71 Å². The summed E-state index contributed by atoms with van der Waals surface area (Å²) >= 11 is 0. The van der Waals surface area contributed by atoms with Crippen molar-refractivity contribution < 1.29 is 65.5 Å². The van der Waals surface area contributed by atoms with Crippen molar-refractivity contribution in [3.05, 3.63) is 373 Å². The number of nitrogens with zero attached hydrogens (tertiary/aromatic N) is 8. The van der Waals surface area contributed by atoms with E-state index in [0.717, 1.165) is 111 Å². The number of pyridine rings is 2. The summed E-state index contributed by atoms with van der Waals surface area (Å²) in [4.78, 5) is 10.0. The van der Waals surface area contributed by atoms with Crippen molar-refractivity contribution in [1.29, 1.82) is 0 Å². The van der Waals surface area contributed by atoms with Gasteiger partial charge >= 0.3 is 0 Å². The van der Waals surface area contributed by atoms with Gasteiger partial charge in [-0.3, -0.25) is 9.13 Å². The van der Waals surface area contributed by atoms with E-state index in [1.54, 1.807) is 0 Å². The summed E-state index contributed by atoms with van der Waals surface area (Å²) < 4.78 is 33.2. The first kappa shape index (κ1) is 86.3. The van der Waals surface area contributed by atoms with Gasteiger partial charge in [0.25, 0.3) is 19.4 Å². The number of imidazole rings is 2. The molecular formula is C114H96B2N8O3Pt2Si2-4. The molecule has 17 heteroatoms. The summed E-state index contributed by atoms with van der Waals surface area (Å²) in [6, 6.07) is 115. The largest absolute Gasteiger partial charge is 0.510 e. The van der Waals surface area contributed by atoms with E-state index in [4.69, 9.17) is 24.2 Å². The molecule has 0 saturated heterocycles. The van der Waals surface area contributed by atoms with Crippen molar-refractivity contribution in [2.45, 2.75) is 120 Å². The summed E-state index contributed by atoms with van der Waals surface area (Å²) in [5, 5.41) is 9.81. The van der Waals surface area contributed by atoms with Gasteiger partial charge < -0.3 is 32.5 Å². The summed E-state index contributed by atoms with van der Waals surface area (Å²) in [6.07, 6.45) is 11.3. The molecule has 3 aliphatic rings. The van der Waals surface area contributed by atoms with Gasteiger partial charge in [0, 0.05) is 105 Å². The van der Waals surface area contributed by atoms with Crippen LogP contribution in [0.15, 0.2) is 291 Å². The number of hydrogen-bond donors (Lipinski definition) is 0. The van der Waals surface area contributed by atoms with Gasteiger partial charge in [-0.25, -0.2) is 9.97 Å². The molecule has 131 heavy (non-hydrogen) atoms. The van der Waals surface area contributed by atoms with Crippen LogP contribution in [0.1, 0.15) is 86.1 Å². The molecule has 0 aliphatic carbocycles. The molecule has 14 aromatic carbocycles. The van der Waals surface area contributed by atoms with Crippen LogP contribution in [-0.4, -0.2) is 57.8 Å². The van der Waals surface area contributed by atoms with Gasteiger partial charge in [-0.15, -0.1) is 69.7 Å². The maximum atomic E-state index is 6.85. The van der Waals surface area contributed by atoms with Gasteiger partial charge in [-0.05, 0) is 169 Å². The molecule has 0 saturated carbocycles. The predicted molar refractivity (Wildman–Crippen MR) is 534 cm³/mol. The van der Waals surface area contributed by atoms with Crippen molar-refractivity contribution in [3.8, 4) is 68.9 Å². The maximum absolute atomic E-state index is 6.85. The predicted octanol–water partition coefficient (Wildman–Crippen LogP) is 19.0. The van der Waals surface area contributed by atoms with E-state index >= 15 is 0 Å². The zero-order valence-corrected chi connectivity index (χ0v) is 82.8. The Hall–Kier alpha value is -12.7. The van der Waals surface area contributed by atoms with Crippen molar-refractivity contribution in [3.63, 3.8) is 0 Å². The van der Waals surface area contributed by atoms with E-state index < -0.39 is 16.1 Å². The van der Waals surface area contributed by atoms with Gasteiger partial charge in [0.15, 0.2) is 0 Å². The third-order valence-electron chi connectivity index (χ3n) is 27.2. The first-order chi connectivity index (χ1) is 62.2. The van der Waals surface area contributed by atoms with Gasteiger partial charge in [-0.1, -0.05) is 302 Å². The Morgan fingerprint density at radius 3 is 1.24 bits per heavy atom. The molecule has 3 aliphatic heterocycles. The second-order valence-corrected chi connectivity index (χ2v) is 47.2. The van der Waals surface area contributed by atoms with Crippen LogP contribution in [0, 0.1) is 78.5 Å². The number of hydrogen-bond acceptors (Lipinski definition) is 5. The van der Waals surface area contributed by atoms with E-state index in [9.17, 15) is 0 Å². The van der Waals surface area contributed by atoms with Crippen LogP contribution in [0.3, 0.4) is 0 Å². The quantitative estimate of drug-likeness (QED) is 0.0692. The van der Waals surface area contributed by atoms with Crippen LogP contribution in [0.5, 0.6) is 34.5 Å². The average molecular weight is 2090 g/mol. The smallest absolute Gasteiger partial charge is 0.268 e. The van der Waals surface area contributed by atoms with Crippen LogP contribution < -0.4 is 76.9 Å². The average Bonchev–Trinajstić information content (AvgIpc) is 1.56. The molecule has 0 radical (unpaired) electrons. The van der Waals surface area contributed by atoms with Gasteiger partial charge in [0.05, 0.1) is 33.4 Å². The number of benzene rings is 14. The molecule has 0 N–H and O–H groups in total. The SMILES string of the molecule is CC(C)(C)c1ccnc(-n2c3[c-]c(Oc4[c-]c5c(cc4)[Si](C)(C)c4cccc6c4n-5[c-][n+]6-c4ccccc4)ccc3c3cc(B4c5ccccc5Oc5ccccc54)ccc32)c1.Cc1cc(C)c(B(c2ccc3c(c2)c2ccc(Oc4[c-]c5c(cc4)[Si](C)(C)c4cccc6c4n-5[c-][n+]6-c4ccccc4)[c-]c2n3-c2cc(C(C)(C)C)ccn2)c2c(C)cc(C)cc2C)c(C)c1.[Pt].[Pt]. The zero-order valence-electron chi connectivity index (χ0n) is 76.3. The third kappa shape index (κ3) is 14.5. The molecule has 6 aromatic heterocycles. The van der Waals surface area contributed by atoms with Crippen molar-refractivity contribution in [2.75, 3.05) is 0 Å². The number of ether oxygens (including phenoxy) is 3. The minimum Gasteiger partial charge on any atom is -0.510 e. The molecule has 9 heterocycles. The maximum Gasteiger partial charge on any atom is 0.268 e. The Bertz CT molecular complexity index is 7910. The molecule has 0 unspecified atom stereocenters. The fraction of sp³-hybridized carbons (Fsp3) is 0.158. The van der Waals surface area contributed by atoms with E-state index in [2.05, 4.69) is 428 Å². The fourth-order valence-electron chi connectivity index (χ4n) is 21.0. The Kier molecular flexibility index (Phi) is 21.5. The van der Waals surface area contributed by atoms with Crippen molar-refractivity contribution >= 4 is 149 Å².